The number of aromatic hydroxyl groups is 1. The van der Waals surface area contributed by atoms with Crippen LogP contribution in [0.5, 0.6) is 11.5 Å². The molecular weight excluding hydrogens is 330 g/mol. The van der Waals surface area contributed by atoms with Gasteiger partial charge in [0.05, 0.1) is 12.8 Å². The van der Waals surface area contributed by atoms with Crippen LogP contribution in [-0.2, 0) is 0 Å². The van der Waals surface area contributed by atoms with Gasteiger partial charge in [0.1, 0.15) is 11.5 Å². The molecule has 0 atom stereocenters. The van der Waals surface area contributed by atoms with Crippen molar-refractivity contribution in [2.24, 2.45) is 0 Å². The molecule has 0 bridgehead atoms. The third-order valence-corrected chi connectivity index (χ3v) is 3.95. The van der Waals surface area contributed by atoms with Gasteiger partial charge in [0.25, 0.3) is 5.91 Å². The molecule has 0 aliphatic rings. The fourth-order valence-corrected chi connectivity index (χ4v) is 2.55. The Morgan fingerprint density at radius 2 is 1.73 bits per heavy atom. The third-order valence-electron chi connectivity index (χ3n) is 3.95. The van der Waals surface area contributed by atoms with E-state index in [1.807, 2.05) is 30.3 Å². The zero-order valence-corrected chi connectivity index (χ0v) is 14.8. The van der Waals surface area contributed by atoms with Crippen LogP contribution in [0.4, 0.5) is 0 Å². The first-order valence-electron chi connectivity index (χ1n) is 8.02. The maximum absolute atomic E-state index is 12.3. The van der Waals surface area contributed by atoms with Gasteiger partial charge in [-0.25, -0.2) is 9.97 Å². The van der Waals surface area contributed by atoms with Gasteiger partial charge >= 0.3 is 0 Å². The largest absolute Gasteiger partial charge is 0.507 e. The number of carbonyl (C=O) groups excluding carboxylic acids is 1. The number of para-hydroxylation sites is 1. The molecule has 2 aromatic carbocycles. The van der Waals surface area contributed by atoms with Gasteiger partial charge < -0.3 is 14.7 Å². The molecule has 0 fully saturated rings. The number of methoxy groups -OCH3 is 1. The maximum atomic E-state index is 12.3. The van der Waals surface area contributed by atoms with Crippen LogP contribution in [0.1, 0.15) is 10.6 Å². The first kappa shape index (κ1) is 17.4. The molecule has 1 N–H and O–H groups in total. The van der Waals surface area contributed by atoms with Crippen LogP contribution in [0, 0.1) is 0 Å². The van der Waals surface area contributed by atoms with Crippen molar-refractivity contribution in [3.05, 3.63) is 60.6 Å². The number of phenolic OH excluding ortho intramolecular Hbond substituents is 1. The predicted molar refractivity (Wildman–Crippen MR) is 99.1 cm³/mol. The zero-order chi connectivity index (χ0) is 18.7. The van der Waals surface area contributed by atoms with Gasteiger partial charge in [-0.05, 0) is 29.8 Å². The van der Waals surface area contributed by atoms with Crippen LogP contribution in [0.2, 0.25) is 0 Å². The molecule has 0 aliphatic heterocycles. The minimum Gasteiger partial charge on any atom is -0.507 e. The van der Waals surface area contributed by atoms with Crippen LogP contribution < -0.4 is 4.74 Å². The second-order valence-corrected chi connectivity index (χ2v) is 5.90. The summed E-state index contributed by atoms with van der Waals surface area (Å²) >= 11 is 0. The van der Waals surface area contributed by atoms with Gasteiger partial charge in [-0.3, -0.25) is 4.79 Å². The highest BCUT2D eigenvalue weighted by Crippen LogP contribution is 2.35. The molecule has 0 saturated carbocycles. The molecule has 132 valence electrons. The summed E-state index contributed by atoms with van der Waals surface area (Å²) in [7, 11) is 4.89. The van der Waals surface area contributed by atoms with E-state index in [-0.39, 0.29) is 17.5 Å². The van der Waals surface area contributed by atoms with Gasteiger partial charge in [0.15, 0.2) is 0 Å². The molecule has 6 heteroatoms. The Morgan fingerprint density at radius 3 is 2.35 bits per heavy atom. The van der Waals surface area contributed by atoms with Crippen molar-refractivity contribution in [3.63, 3.8) is 0 Å². The van der Waals surface area contributed by atoms with E-state index in [1.165, 1.54) is 4.90 Å². The molecule has 3 rings (SSSR count). The van der Waals surface area contributed by atoms with E-state index in [4.69, 9.17) is 4.74 Å². The fraction of sp³-hybridized carbons (Fsp3) is 0.150. The van der Waals surface area contributed by atoms with E-state index < -0.39 is 0 Å². The standard InChI is InChI=1S/C20H19N3O3/c1-23(2)20(25)19-21-12-16(13-8-10-14(26-3)11-9-13)18(22-19)15-6-4-5-7-17(15)24/h4-12,24H,1-3H3. The van der Waals surface area contributed by atoms with Crippen LogP contribution in [0.15, 0.2) is 54.7 Å². The summed E-state index contributed by atoms with van der Waals surface area (Å²) in [6, 6.07) is 14.3. The molecule has 6 nitrogen and oxygen atoms in total. The lowest BCUT2D eigenvalue weighted by Gasteiger charge is -2.14. The van der Waals surface area contributed by atoms with E-state index in [2.05, 4.69) is 9.97 Å². The summed E-state index contributed by atoms with van der Waals surface area (Å²) in [5.74, 6) is 0.593. The number of carbonyl (C=O) groups is 1. The molecule has 1 amide bonds. The normalized spacial score (nSPS) is 10.4. The smallest absolute Gasteiger partial charge is 0.291 e. The number of ether oxygens (including phenoxy) is 1. The lowest BCUT2D eigenvalue weighted by atomic mass is 10.00. The minimum absolute atomic E-state index is 0.0746. The highest BCUT2D eigenvalue weighted by Gasteiger charge is 2.18. The molecule has 26 heavy (non-hydrogen) atoms. The van der Waals surface area contributed by atoms with Gasteiger partial charge in [0, 0.05) is 31.4 Å². The van der Waals surface area contributed by atoms with E-state index in [0.29, 0.717) is 16.8 Å². The lowest BCUT2D eigenvalue weighted by molar-refractivity contribution is 0.0816. The van der Waals surface area contributed by atoms with Crippen molar-refractivity contribution in [2.45, 2.75) is 0 Å². The average Bonchev–Trinajstić information content (AvgIpc) is 2.67. The average molecular weight is 349 g/mol. The molecular formula is C20H19N3O3. The quantitative estimate of drug-likeness (QED) is 0.783. The first-order chi connectivity index (χ1) is 12.5. The molecule has 0 spiro atoms. The Morgan fingerprint density at radius 1 is 1.04 bits per heavy atom. The summed E-state index contributed by atoms with van der Waals surface area (Å²) in [5.41, 5.74) is 2.60. The number of phenols is 1. The number of benzene rings is 2. The van der Waals surface area contributed by atoms with Crippen molar-refractivity contribution in [1.82, 2.24) is 14.9 Å². The first-order valence-corrected chi connectivity index (χ1v) is 8.02. The zero-order valence-electron chi connectivity index (χ0n) is 14.8. The van der Waals surface area contributed by atoms with Crippen molar-refractivity contribution in [2.75, 3.05) is 21.2 Å². The summed E-state index contributed by atoms with van der Waals surface area (Å²) in [5, 5.41) is 10.3. The van der Waals surface area contributed by atoms with Crippen molar-refractivity contribution < 1.29 is 14.6 Å². The molecule has 3 aromatic rings. The van der Waals surface area contributed by atoms with Gasteiger partial charge in [0.2, 0.25) is 5.82 Å². The number of nitrogens with zero attached hydrogens (tertiary/aromatic N) is 3. The van der Waals surface area contributed by atoms with E-state index in [1.54, 1.807) is 45.6 Å². The molecule has 1 heterocycles. The van der Waals surface area contributed by atoms with E-state index >= 15 is 0 Å². The Labute approximate surface area is 151 Å². The summed E-state index contributed by atoms with van der Waals surface area (Å²) < 4.78 is 5.19. The number of aromatic nitrogens is 2. The van der Waals surface area contributed by atoms with Gasteiger partial charge in [-0.15, -0.1) is 0 Å². The van der Waals surface area contributed by atoms with E-state index in [9.17, 15) is 9.90 Å². The molecule has 1 aromatic heterocycles. The Bertz CT molecular complexity index is 937. The topological polar surface area (TPSA) is 75.5 Å². The molecule has 0 saturated heterocycles. The second kappa shape index (κ2) is 7.23. The van der Waals surface area contributed by atoms with Crippen molar-refractivity contribution >= 4 is 5.91 Å². The van der Waals surface area contributed by atoms with Crippen molar-refractivity contribution in [3.8, 4) is 33.9 Å². The molecule has 0 radical (unpaired) electrons. The lowest BCUT2D eigenvalue weighted by Crippen LogP contribution is -2.24. The van der Waals surface area contributed by atoms with Crippen molar-refractivity contribution in [1.29, 1.82) is 0 Å². The van der Waals surface area contributed by atoms with E-state index in [0.717, 1.165) is 11.3 Å². The maximum Gasteiger partial charge on any atom is 0.291 e. The summed E-state index contributed by atoms with van der Waals surface area (Å²) in [6.45, 7) is 0. The fourth-order valence-electron chi connectivity index (χ4n) is 2.55. The second-order valence-electron chi connectivity index (χ2n) is 5.90. The van der Waals surface area contributed by atoms with Crippen LogP contribution >= 0.6 is 0 Å². The summed E-state index contributed by atoms with van der Waals surface area (Å²) in [6.07, 6.45) is 1.60. The van der Waals surface area contributed by atoms with Crippen LogP contribution in [-0.4, -0.2) is 47.1 Å². The Kier molecular flexibility index (Phi) is 4.84. The highest BCUT2D eigenvalue weighted by atomic mass is 16.5. The van der Waals surface area contributed by atoms with Gasteiger partial charge in [-0.2, -0.15) is 0 Å². The summed E-state index contributed by atoms with van der Waals surface area (Å²) in [4.78, 5) is 22.3. The third kappa shape index (κ3) is 3.35. The number of amides is 1. The number of hydrogen-bond donors (Lipinski definition) is 1. The Balaban J connectivity index is 2.20. The van der Waals surface area contributed by atoms with Gasteiger partial charge in [-0.1, -0.05) is 24.3 Å². The Hall–Kier alpha value is -3.41. The van der Waals surface area contributed by atoms with Crippen LogP contribution in [0.3, 0.4) is 0 Å². The predicted octanol–water partition coefficient (Wildman–Crippen LogP) is 3.23. The monoisotopic (exact) mass is 349 g/mol. The molecule has 0 aliphatic carbocycles. The minimum atomic E-state index is -0.303. The highest BCUT2D eigenvalue weighted by molar-refractivity contribution is 5.92. The molecule has 0 unspecified atom stereocenters. The number of rotatable bonds is 4. The SMILES string of the molecule is COc1ccc(-c2cnc(C(=O)N(C)C)nc2-c2ccccc2O)cc1. The van der Waals surface area contributed by atoms with Crippen LogP contribution in [0.25, 0.3) is 22.4 Å². The number of hydrogen-bond acceptors (Lipinski definition) is 5.